The molecule has 1 saturated heterocycles. The predicted molar refractivity (Wildman–Crippen MR) is 106 cm³/mol. The van der Waals surface area contributed by atoms with E-state index in [1.807, 2.05) is 49.7 Å². The van der Waals surface area contributed by atoms with Gasteiger partial charge < -0.3 is 24.4 Å². The number of pyridine rings is 1. The van der Waals surface area contributed by atoms with Crippen LogP contribution in [0.2, 0.25) is 0 Å². The maximum Gasteiger partial charge on any atom is 0.218 e. The number of likely N-dealkylation sites (N-methyl/N-ethyl adjacent to an activating group) is 1. The highest BCUT2D eigenvalue weighted by molar-refractivity contribution is 5.86. The van der Waals surface area contributed by atoms with Gasteiger partial charge in [0.2, 0.25) is 11.8 Å². The van der Waals surface area contributed by atoms with Crippen LogP contribution >= 0.6 is 0 Å². The minimum atomic E-state index is -0.699. The molecule has 0 aromatic carbocycles. The van der Waals surface area contributed by atoms with Crippen molar-refractivity contribution in [2.45, 2.75) is 44.9 Å². The fraction of sp³-hybridized carbons (Fsp3) is 0.650. The molecule has 1 atom stereocenters. The van der Waals surface area contributed by atoms with Crippen molar-refractivity contribution in [2.24, 2.45) is 0 Å². The normalized spacial score (nSPS) is 21.5. The van der Waals surface area contributed by atoms with Crippen LogP contribution < -0.4 is 4.74 Å². The number of aromatic hydroxyl groups is 1. The summed E-state index contributed by atoms with van der Waals surface area (Å²) in [7, 11) is 5.59. The summed E-state index contributed by atoms with van der Waals surface area (Å²) in [5.41, 5.74) is 0.954. The van der Waals surface area contributed by atoms with E-state index >= 15 is 0 Å². The summed E-state index contributed by atoms with van der Waals surface area (Å²) in [6.07, 6.45) is 3.63. The summed E-state index contributed by atoms with van der Waals surface area (Å²) in [5.74, 6) is 0.810. The quantitative estimate of drug-likeness (QED) is 0.805. The Bertz CT molecular complexity index is 802. The lowest BCUT2D eigenvalue weighted by Crippen LogP contribution is -2.52. The van der Waals surface area contributed by atoms with E-state index in [9.17, 15) is 10.2 Å². The van der Waals surface area contributed by atoms with Crippen molar-refractivity contribution < 1.29 is 14.9 Å². The van der Waals surface area contributed by atoms with Crippen LogP contribution in [0.1, 0.15) is 38.3 Å². The van der Waals surface area contributed by atoms with E-state index < -0.39 is 5.60 Å². The van der Waals surface area contributed by atoms with Crippen molar-refractivity contribution in [3.05, 3.63) is 17.8 Å². The second kappa shape index (κ2) is 7.66. The van der Waals surface area contributed by atoms with Gasteiger partial charge in [-0.05, 0) is 53.4 Å². The molecule has 1 aliphatic rings. The number of piperidine rings is 1. The lowest BCUT2D eigenvalue weighted by Gasteiger charge is -2.40. The smallest absolute Gasteiger partial charge is 0.218 e. The van der Waals surface area contributed by atoms with Crippen LogP contribution in [0.15, 0.2) is 12.3 Å². The number of β-amino-alcohol motifs (C(OH)–C–C–N with tert-alkyl or cyclic N) is 1. The number of hydrogen-bond donors (Lipinski definition) is 2. The molecule has 150 valence electrons. The Morgan fingerprint density at radius 3 is 2.74 bits per heavy atom. The number of likely N-dealkylation sites (tertiary alicyclic amines) is 1. The van der Waals surface area contributed by atoms with Crippen molar-refractivity contribution in [1.82, 2.24) is 19.4 Å². The molecule has 2 aromatic rings. The van der Waals surface area contributed by atoms with Gasteiger partial charge in [-0.15, -0.1) is 0 Å². The van der Waals surface area contributed by atoms with Crippen LogP contribution in [0, 0.1) is 0 Å². The summed E-state index contributed by atoms with van der Waals surface area (Å²) in [6.45, 7) is 6.87. The molecule has 0 radical (unpaired) electrons. The zero-order chi connectivity index (χ0) is 19.8. The maximum absolute atomic E-state index is 10.9. The van der Waals surface area contributed by atoms with Crippen LogP contribution in [-0.2, 0) is 6.54 Å². The van der Waals surface area contributed by atoms with Crippen LogP contribution in [0.5, 0.6) is 11.8 Å². The second-order valence-electron chi connectivity index (χ2n) is 8.32. The number of methoxy groups -OCH3 is 1. The molecule has 1 aliphatic heterocycles. The van der Waals surface area contributed by atoms with Gasteiger partial charge in [0.15, 0.2) is 0 Å². The van der Waals surface area contributed by atoms with Gasteiger partial charge in [0.25, 0.3) is 0 Å². The molecule has 27 heavy (non-hydrogen) atoms. The lowest BCUT2D eigenvalue weighted by molar-refractivity contribution is -0.0481. The molecule has 0 aliphatic carbocycles. The third-order valence-corrected chi connectivity index (χ3v) is 5.23. The average molecular weight is 377 g/mol. The van der Waals surface area contributed by atoms with Gasteiger partial charge in [0.05, 0.1) is 23.6 Å². The van der Waals surface area contributed by atoms with Gasteiger partial charge in [-0.25, -0.2) is 4.98 Å². The Labute approximate surface area is 161 Å². The highest BCUT2D eigenvalue weighted by atomic mass is 16.5. The minimum Gasteiger partial charge on any atom is -0.494 e. The second-order valence-corrected chi connectivity index (χ2v) is 8.32. The molecule has 2 N–H and O–H groups in total. The SMILES string of the molecule is COc1nc2cn(C(C)C)c(O)c2cc1CN1CCCC(O)(CN(C)C)C1. The van der Waals surface area contributed by atoms with Gasteiger partial charge >= 0.3 is 0 Å². The van der Waals surface area contributed by atoms with Crippen LogP contribution in [0.25, 0.3) is 10.9 Å². The highest BCUT2D eigenvalue weighted by Gasteiger charge is 2.34. The summed E-state index contributed by atoms with van der Waals surface area (Å²) < 4.78 is 7.34. The first-order chi connectivity index (χ1) is 12.7. The molecule has 0 spiro atoms. The fourth-order valence-electron chi connectivity index (χ4n) is 4.14. The van der Waals surface area contributed by atoms with E-state index in [2.05, 4.69) is 9.88 Å². The number of ether oxygens (including phenoxy) is 1. The van der Waals surface area contributed by atoms with Crippen LogP contribution in [0.4, 0.5) is 0 Å². The van der Waals surface area contributed by atoms with Gasteiger partial charge in [-0.1, -0.05) is 0 Å². The molecule has 3 heterocycles. The van der Waals surface area contributed by atoms with E-state index in [0.29, 0.717) is 25.5 Å². The van der Waals surface area contributed by atoms with Gasteiger partial charge in [0, 0.05) is 37.4 Å². The third-order valence-electron chi connectivity index (χ3n) is 5.23. The monoisotopic (exact) mass is 376 g/mol. The van der Waals surface area contributed by atoms with Gasteiger partial charge in [-0.3, -0.25) is 4.90 Å². The van der Waals surface area contributed by atoms with E-state index in [1.165, 1.54) is 0 Å². The third kappa shape index (κ3) is 4.20. The van der Waals surface area contributed by atoms with Crippen molar-refractivity contribution in [2.75, 3.05) is 40.8 Å². The summed E-state index contributed by atoms with van der Waals surface area (Å²) >= 11 is 0. The molecule has 0 saturated carbocycles. The fourth-order valence-corrected chi connectivity index (χ4v) is 4.14. The minimum absolute atomic E-state index is 0.150. The summed E-state index contributed by atoms with van der Waals surface area (Å²) in [6, 6.07) is 2.12. The predicted octanol–water partition coefficient (Wildman–Crippen LogP) is 2.22. The number of aromatic nitrogens is 2. The highest BCUT2D eigenvalue weighted by Crippen LogP contribution is 2.33. The number of nitrogens with zero attached hydrogens (tertiary/aromatic N) is 4. The van der Waals surface area contributed by atoms with Crippen molar-refractivity contribution in [1.29, 1.82) is 0 Å². The van der Waals surface area contributed by atoms with Crippen molar-refractivity contribution in [3.63, 3.8) is 0 Å². The summed E-state index contributed by atoms with van der Waals surface area (Å²) in [5, 5.41) is 22.2. The molecule has 7 nitrogen and oxygen atoms in total. The number of rotatable bonds is 6. The molecule has 7 heteroatoms. The average Bonchev–Trinajstić information content (AvgIpc) is 2.89. The lowest BCUT2D eigenvalue weighted by atomic mass is 9.92. The molecule has 0 bridgehead atoms. The maximum atomic E-state index is 10.9. The van der Waals surface area contributed by atoms with Gasteiger partial charge in [-0.2, -0.15) is 0 Å². The standard InChI is InChI=1S/C20H32N4O3/c1-14(2)24-11-17-16(19(24)25)9-15(18(21-17)27-5)10-23-8-6-7-20(26,13-23)12-22(3)4/h9,11,14,25-26H,6-8,10,12-13H2,1-5H3. The van der Waals surface area contributed by atoms with E-state index in [4.69, 9.17) is 4.74 Å². The molecular formula is C20H32N4O3. The van der Waals surface area contributed by atoms with E-state index in [-0.39, 0.29) is 11.9 Å². The first kappa shape index (κ1) is 19.9. The number of fused-ring (bicyclic) bond motifs is 1. The Kier molecular flexibility index (Phi) is 5.65. The largest absolute Gasteiger partial charge is 0.494 e. The Balaban J connectivity index is 1.88. The number of hydrogen-bond acceptors (Lipinski definition) is 6. The van der Waals surface area contributed by atoms with Gasteiger partial charge in [0.1, 0.15) is 0 Å². The Morgan fingerprint density at radius 2 is 2.11 bits per heavy atom. The molecule has 2 aromatic heterocycles. The first-order valence-corrected chi connectivity index (χ1v) is 9.59. The topological polar surface area (TPSA) is 74.0 Å². The van der Waals surface area contributed by atoms with Crippen LogP contribution in [0.3, 0.4) is 0 Å². The zero-order valence-electron chi connectivity index (χ0n) is 17.1. The number of aliphatic hydroxyl groups is 1. The Morgan fingerprint density at radius 1 is 1.37 bits per heavy atom. The zero-order valence-corrected chi connectivity index (χ0v) is 17.1. The van der Waals surface area contributed by atoms with Crippen molar-refractivity contribution >= 4 is 10.9 Å². The molecule has 3 rings (SSSR count). The first-order valence-electron chi connectivity index (χ1n) is 9.59. The molecule has 1 fully saturated rings. The van der Waals surface area contributed by atoms with E-state index in [0.717, 1.165) is 35.9 Å². The molecule has 1 unspecified atom stereocenters. The molecular weight excluding hydrogens is 344 g/mol. The van der Waals surface area contributed by atoms with E-state index in [1.54, 1.807) is 7.11 Å². The summed E-state index contributed by atoms with van der Waals surface area (Å²) in [4.78, 5) is 8.88. The van der Waals surface area contributed by atoms with Crippen LogP contribution in [-0.4, -0.2) is 76.0 Å². The Hall–Kier alpha value is -1.83. The molecule has 0 amide bonds. The van der Waals surface area contributed by atoms with Crippen molar-refractivity contribution in [3.8, 4) is 11.8 Å².